The summed E-state index contributed by atoms with van der Waals surface area (Å²) in [7, 11) is 0. The third-order valence-corrected chi connectivity index (χ3v) is 6.92. The van der Waals surface area contributed by atoms with E-state index in [2.05, 4.69) is 64.1 Å². The summed E-state index contributed by atoms with van der Waals surface area (Å²) < 4.78 is 0. The van der Waals surface area contributed by atoms with E-state index in [1.165, 1.54) is 45.7 Å². The summed E-state index contributed by atoms with van der Waals surface area (Å²) in [6, 6.07) is 12.7. The molecule has 2 aromatic rings. The number of hydrogen-bond donors (Lipinski definition) is 0. The minimum Gasteiger partial charge on any atom is -0.294 e. The third-order valence-electron chi connectivity index (χ3n) is 5.68. The van der Waals surface area contributed by atoms with Gasteiger partial charge in [0.2, 0.25) is 0 Å². The fourth-order valence-corrected chi connectivity index (χ4v) is 4.95. The zero-order valence-corrected chi connectivity index (χ0v) is 19.7. The Labute approximate surface area is 185 Å². The lowest BCUT2D eigenvalue weighted by molar-refractivity contribution is 0.102. The number of nitrogens with zero attached hydrogens (tertiary/aromatic N) is 1. The highest BCUT2D eigenvalue weighted by Crippen LogP contribution is 2.42. The molecule has 4 rings (SSSR count). The Morgan fingerprint density at radius 1 is 1.17 bits per heavy atom. The normalized spacial score (nSPS) is 19.8. The number of carbonyl (C=O) groups excluding carboxylic acids is 1. The van der Waals surface area contributed by atoms with Gasteiger partial charge >= 0.3 is 0 Å². The van der Waals surface area contributed by atoms with E-state index < -0.39 is 0 Å². The zero-order chi connectivity index (χ0) is 21.7. The van der Waals surface area contributed by atoms with E-state index in [1.54, 1.807) is 18.3 Å². The van der Waals surface area contributed by atoms with Crippen molar-refractivity contribution in [1.82, 2.24) is 0 Å². The van der Waals surface area contributed by atoms with Gasteiger partial charge in [-0.3, -0.25) is 9.79 Å². The molecule has 2 aliphatic rings. The summed E-state index contributed by atoms with van der Waals surface area (Å²) in [6.45, 7) is 10.4. The number of fused-ring (bicyclic) bond motifs is 1. The van der Waals surface area contributed by atoms with Crippen LogP contribution in [0.25, 0.3) is 5.57 Å². The van der Waals surface area contributed by atoms with Crippen molar-refractivity contribution in [2.45, 2.75) is 60.3 Å². The van der Waals surface area contributed by atoms with E-state index in [-0.39, 0.29) is 5.78 Å². The maximum Gasteiger partial charge on any atom is 0.169 e. The monoisotopic (exact) mass is 419 g/mol. The molecule has 3 heteroatoms. The lowest BCUT2D eigenvalue weighted by Gasteiger charge is -2.27. The molecule has 0 radical (unpaired) electrons. The van der Waals surface area contributed by atoms with Crippen LogP contribution in [0.2, 0.25) is 0 Å². The van der Waals surface area contributed by atoms with E-state index >= 15 is 0 Å². The number of thiophene rings is 1. The Morgan fingerprint density at radius 3 is 2.57 bits per heavy atom. The van der Waals surface area contributed by atoms with Gasteiger partial charge in [0.1, 0.15) is 0 Å². The Hall–Kier alpha value is -2.26. The number of rotatable bonds is 5. The maximum absolute atomic E-state index is 11.6. The molecule has 0 saturated carbocycles. The summed E-state index contributed by atoms with van der Waals surface area (Å²) in [5, 5.41) is 0. The standard InChI is InChI=1S/C23H23NOS.C4H10/c1-14-5-4-6-17(9-14)12-18-10-15(2)11-19-20(13-24-23(18)19)22-8-7-21(26-22)16(3)25;1-3-4-2/h4-10,13,15,19H,11-12H2,1-3H3;3-4H2,1-2H3. The number of aliphatic imine (C=N–C) groups is 1. The van der Waals surface area contributed by atoms with Crippen LogP contribution in [0.4, 0.5) is 0 Å². The molecule has 1 aliphatic heterocycles. The van der Waals surface area contributed by atoms with Crippen molar-refractivity contribution in [1.29, 1.82) is 0 Å². The van der Waals surface area contributed by atoms with E-state index in [9.17, 15) is 4.79 Å². The first-order chi connectivity index (χ1) is 14.4. The molecule has 30 heavy (non-hydrogen) atoms. The van der Waals surface area contributed by atoms with Gasteiger partial charge in [-0.1, -0.05) is 69.5 Å². The van der Waals surface area contributed by atoms with E-state index in [4.69, 9.17) is 4.99 Å². The quantitative estimate of drug-likeness (QED) is 0.457. The number of ketones is 1. The van der Waals surface area contributed by atoms with Crippen molar-refractivity contribution < 1.29 is 4.79 Å². The largest absolute Gasteiger partial charge is 0.294 e. The summed E-state index contributed by atoms with van der Waals surface area (Å²) >= 11 is 1.59. The number of hydrogen-bond acceptors (Lipinski definition) is 3. The summed E-state index contributed by atoms with van der Waals surface area (Å²) in [5.41, 5.74) is 6.49. The second-order valence-electron chi connectivity index (χ2n) is 8.44. The Bertz CT molecular complexity index is 990. The molecule has 2 unspecified atom stereocenters. The molecule has 1 aromatic carbocycles. The van der Waals surface area contributed by atoms with Gasteiger partial charge in [-0.2, -0.15) is 0 Å². The van der Waals surface area contributed by atoms with Gasteiger partial charge in [0.25, 0.3) is 0 Å². The van der Waals surface area contributed by atoms with E-state index in [1.807, 2.05) is 12.3 Å². The first kappa shape index (κ1) is 22.4. The highest BCUT2D eigenvalue weighted by molar-refractivity contribution is 7.15. The smallest absolute Gasteiger partial charge is 0.169 e. The Kier molecular flexibility index (Phi) is 7.60. The first-order valence-corrected chi connectivity index (χ1v) is 11.9. The zero-order valence-electron chi connectivity index (χ0n) is 18.9. The molecule has 1 aliphatic carbocycles. The van der Waals surface area contributed by atoms with Crippen molar-refractivity contribution in [2.75, 3.05) is 0 Å². The number of allylic oxidation sites excluding steroid dienone is 3. The molecule has 2 heterocycles. The fraction of sp³-hybridized carbons (Fsp3) is 0.407. The van der Waals surface area contributed by atoms with Crippen molar-refractivity contribution >= 4 is 28.4 Å². The molecule has 0 bridgehead atoms. The minimum absolute atomic E-state index is 0.137. The third kappa shape index (κ3) is 5.26. The lowest BCUT2D eigenvalue weighted by Crippen LogP contribution is -2.23. The van der Waals surface area contributed by atoms with Crippen LogP contribution in [0.1, 0.15) is 72.6 Å². The van der Waals surface area contributed by atoms with Crippen LogP contribution < -0.4 is 0 Å². The lowest BCUT2D eigenvalue weighted by atomic mass is 9.77. The van der Waals surface area contributed by atoms with Crippen LogP contribution >= 0.6 is 11.3 Å². The number of Topliss-reactive ketones (excluding diaryl/α,β-unsaturated/α-hetero) is 1. The van der Waals surface area contributed by atoms with Crippen LogP contribution in [-0.2, 0) is 6.42 Å². The van der Waals surface area contributed by atoms with Gasteiger partial charge in [0.15, 0.2) is 5.78 Å². The summed E-state index contributed by atoms with van der Waals surface area (Å²) in [5.74, 6) is 1.03. The van der Waals surface area contributed by atoms with Gasteiger partial charge in [-0.05, 0) is 61.4 Å². The second kappa shape index (κ2) is 10.2. The number of unbranched alkanes of at least 4 members (excludes halogenated alkanes) is 1. The van der Waals surface area contributed by atoms with Crippen molar-refractivity contribution in [3.63, 3.8) is 0 Å². The van der Waals surface area contributed by atoms with Crippen molar-refractivity contribution in [3.8, 4) is 0 Å². The SMILES string of the molecule is CC(=O)c1ccc(C2=CN=C3C(Cc4cccc(C)c4)=CC(C)CC23)s1.CCCC. The van der Waals surface area contributed by atoms with Crippen LogP contribution in [0.5, 0.6) is 0 Å². The molecule has 0 fully saturated rings. The first-order valence-electron chi connectivity index (χ1n) is 11.1. The van der Waals surface area contributed by atoms with Gasteiger partial charge in [-0.25, -0.2) is 0 Å². The molecule has 158 valence electrons. The van der Waals surface area contributed by atoms with E-state index in [0.717, 1.165) is 17.7 Å². The Morgan fingerprint density at radius 2 is 1.93 bits per heavy atom. The van der Waals surface area contributed by atoms with Crippen LogP contribution in [0, 0.1) is 18.8 Å². The fourth-order valence-electron chi connectivity index (χ4n) is 3.99. The molecular formula is C27H33NOS. The average Bonchev–Trinajstić information content (AvgIpc) is 3.35. The van der Waals surface area contributed by atoms with Gasteiger partial charge < -0.3 is 0 Å². The minimum atomic E-state index is 0.137. The molecule has 0 N–H and O–H groups in total. The van der Waals surface area contributed by atoms with Gasteiger partial charge in [0, 0.05) is 17.0 Å². The molecule has 0 spiro atoms. The van der Waals surface area contributed by atoms with Crippen LogP contribution in [0.3, 0.4) is 0 Å². The number of carbonyl (C=O) groups is 1. The van der Waals surface area contributed by atoms with Crippen molar-refractivity contribution in [3.05, 3.63) is 75.1 Å². The van der Waals surface area contributed by atoms with Crippen molar-refractivity contribution in [2.24, 2.45) is 16.8 Å². The highest BCUT2D eigenvalue weighted by atomic mass is 32.1. The molecule has 2 atom stereocenters. The molecule has 0 amide bonds. The predicted octanol–water partition coefficient (Wildman–Crippen LogP) is 7.69. The van der Waals surface area contributed by atoms with Gasteiger partial charge in [0.05, 0.1) is 10.6 Å². The van der Waals surface area contributed by atoms with Crippen LogP contribution in [-0.4, -0.2) is 11.5 Å². The Balaban J connectivity index is 0.000000589. The number of aryl methyl sites for hydroxylation is 1. The number of benzene rings is 1. The summed E-state index contributed by atoms with van der Waals surface area (Å²) in [6.07, 6.45) is 9.09. The maximum atomic E-state index is 11.6. The summed E-state index contributed by atoms with van der Waals surface area (Å²) in [4.78, 5) is 18.5. The second-order valence-corrected chi connectivity index (χ2v) is 9.53. The highest BCUT2D eigenvalue weighted by Gasteiger charge is 2.33. The predicted molar refractivity (Wildman–Crippen MR) is 131 cm³/mol. The van der Waals surface area contributed by atoms with Gasteiger partial charge in [-0.15, -0.1) is 11.3 Å². The molecule has 2 nitrogen and oxygen atoms in total. The topological polar surface area (TPSA) is 29.4 Å². The molecule has 0 saturated heterocycles. The van der Waals surface area contributed by atoms with Crippen LogP contribution in [0.15, 0.2) is 59.2 Å². The molecular weight excluding hydrogens is 386 g/mol. The average molecular weight is 420 g/mol. The van der Waals surface area contributed by atoms with E-state index in [0.29, 0.717) is 11.8 Å². The molecule has 1 aromatic heterocycles.